The molecule has 2 N–H and O–H groups in total. The van der Waals surface area contributed by atoms with Gasteiger partial charge in [0.1, 0.15) is 11.5 Å². The van der Waals surface area contributed by atoms with E-state index in [1.165, 1.54) is 5.56 Å². The summed E-state index contributed by atoms with van der Waals surface area (Å²) in [6.07, 6.45) is 2.06. The highest BCUT2D eigenvalue weighted by molar-refractivity contribution is 5.88. The van der Waals surface area contributed by atoms with Crippen LogP contribution in [0.5, 0.6) is 11.5 Å². The van der Waals surface area contributed by atoms with Gasteiger partial charge in [-0.25, -0.2) is 0 Å². The van der Waals surface area contributed by atoms with Gasteiger partial charge in [-0.3, -0.25) is 0 Å². The van der Waals surface area contributed by atoms with Crippen molar-refractivity contribution in [3.63, 3.8) is 0 Å². The molecule has 4 aromatic rings. The van der Waals surface area contributed by atoms with Crippen LogP contribution in [0.1, 0.15) is 29.2 Å². The van der Waals surface area contributed by atoms with E-state index in [9.17, 15) is 5.11 Å². The summed E-state index contributed by atoms with van der Waals surface area (Å²) in [4.78, 5) is 3.44. The van der Waals surface area contributed by atoms with E-state index in [-0.39, 0.29) is 5.75 Å². The van der Waals surface area contributed by atoms with Crippen LogP contribution >= 0.6 is 0 Å². The second-order valence-electron chi connectivity index (χ2n) is 7.07. The minimum Gasteiger partial charge on any atom is -0.508 e. The number of fused-ring (bicyclic) bond motifs is 1. The molecule has 0 aliphatic carbocycles. The highest BCUT2D eigenvalue weighted by Crippen LogP contribution is 2.45. The molecular formula is C24H23NO2. The lowest BCUT2D eigenvalue weighted by Crippen LogP contribution is -2.25. The molecule has 0 aliphatic heterocycles. The van der Waals surface area contributed by atoms with Gasteiger partial charge in [-0.05, 0) is 48.7 Å². The van der Waals surface area contributed by atoms with Crippen molar-refractivity contribution in [2.75, 3.05) is 7.11 Å². The number of aryl methyl sites for hydroxylation is 1. The van der Waals surface area contributed by atoms with Gasteiger partial charge in [0, 0.05) is 28.1 Å². The summed E-state index contributed by atoms with van der Waals surface area (Å²) in [5.74, 6) is 1.10. The van der Waals surface area contributed by atoms with Gasteiger partial charge in [-0.1, -0.05) is 48.5 Å². The first kappa shape index (κ1) is 17.2. The van der Waals surface area contributed by atoms with E-state index in [1.54, 1.807) is 13.2 Å². The highest BCUT2D eigenvalue weighted by Gasteiger charge is 2.35. The Bertz CT molecular complexity index is 1100. The molecule has 0 aliphatic rings. The predicted molar refractivity (Wildman–Crippen MR) is 110 cm³/mol. The molecule has 0 saturated carbocycles. The number of rotatable bonds is 4. The molecule has 0 amide bonds. The standard InChI is InChI=1S/C24H23NO2/c1-16-7-6-8-19-21(15-25-23(16)19)24(2,20-9-4-5-10-22(20)26)17-11-13-18(27-3)14-12-17/h4-15,25-26H,1-3H3/t24-/m1/s1. The van der Waals surface area contributed by atoms with E-state index in [2.05, 4.69) is 55.4 Å². The Balaban J connectivity index is 2.04. The van der Waals surface area contributed by atoms with Crippen LogP contribution in [-0.2, 0) is 5.41 Å². The number of aromatic hydroxyl groups is 1. The van der Waals surface area contributed by atoms with Gasteiger partial charge >= 0.3 is 0 Å². The minimum atomic E-state index is -0.524. The van der Waals surface area contributed by atoms with Gasteiger partial charge in [0.25, 0.3) is 0 Å². The molecule has 1 aromatic heterocycles. The summed E-state index contributed by atoms with van der Waals surface area (Å²) in [7, 11) is 1.67. The highest BCUT2D eigenvalue weighted by atomic mass is 16.5. The van der Waals surface area contributed by atoms with Crippen molar-refractivity contribution in [3.8, 4) is 11.5 Å². The van der Waals surface area contributed by atoms with E-state index < -0.39 is 5.41 Å². The smallest absolute Gasteiger partial charge is 0.120 e. The normalized spacial score (nSPS) is 13.4. The number of benzene rings is 3. The monoisotopic (exact) mass is 357 g/mol. The van der Waals surface area contributed by atoms with Gasteiger partial charge in [-0.15, -0.1) is 0 Å². The Morgan fingerprint density at radius 1 is 0.889 bits per heavy atom. The van der Waals surface area contributed by atoms with Crippen LogP contribution in [0.3, 0.4) is 0 Å². The Kier molecular flexibility index (Phi) is 4.15. The lowest BCUT2D eigenvalue weighted by atomic mass is 9.70. The Morgan fingerprint density at radius 3 is 2.33 bits per heavy atom. The third-order valence-corrected chi connectivity index (χ3v) is 5.57. The van der Waals surface area contributed by atoms with Crippen molar-refractivity contribution in [1.29, 1.82) is 0 Å². The number of ether oxygens (including phenoxy) is 1. The van der Waals surface area contributed by atoms with Crippen molar-refractivity contribution in [1.82, 2.24) is 4.98 Å². The van der Waals surface area contributed by atoms with E-state index in [0.29, 0.717) is 0 Å². The van der Waals surface area contributed by atoms with E-state index in [1.807, 2.05) is 30.3 Å². The molecule has 3 heteroatoms. The minimum absolute atomic E-state index is 0.290. The van der Waals surface area contributed by atoms with Crippen LogP contribution in [0, 0.1) is 6.92 Å². The number of H-pyrrole nitrogens is 1. The second kappa shape index (κ2) is 6.51. The fourth-order valence-electron chi connectivity index (χ4n) is 4.00. The number of hydrogen-bond acceptors (Lipinski definition) is 2. The van der Waals surface area contributed by atoms with Gasteiger partial charge in [0.2, 0.25) is 0 Å². The lowest BCUT2D eigenvalue weighted by Gasteiger charge is -2.32. The quantitative estimate of drug-likeness (QED) is 0.503. The number of hydrogen-bond donors (Lipinski definition) is 2. The molecule has 0 saturated heterocycles. The average Bonchev–Trinajstić information content (AvgIpc) is 3.14. The molecule has 3 nitrogen and oxygen atoms in total. The number of para-hydroxylation sites is 2. The van der Waals surface area contributed by atoms with Gasteiger partial charge < -0.3 is 14.8 Å². The molecule has 136 valence electrons. The fraction of sp³-hybridized carbons (Fsp3) is 0.167. The van der Waals surface area contributed by atoms with Crippen molar-refractivity contribution in [2.45, 2.75) is 19.3 Å². The van der Waals surface area contributed by atoms with Gasteiger partial charge in [0.15, 0.2) is 0 Å². The maximum atomic E-state index is 10.7. The zero-order valence-corrected chi connectivity index (χ0v) is 15.8. The zero-order valence-electron chi connectivity index (χ0n) is 15.8. The Hall–Kier alpha value is -3.20. The summed E-state index contributed by atoms with van der Waals surface area (Å²) in [6, 6.07) is 22.0. The van der Waals surface area contributed by atoms with Crippen LogP contribution in [0.15, 0.2) is 72.9 Å². The Morgan fingerprint density at radius 2 is 1.63 bits per heavy atom. The summed E-state index contributed by atoms with van der Waals surface area (Å²) in [5, 5.41) is 11.9. The number of phenols is 1. The SMILES string of the molecule is COc1ccc([C@](C)(c2ccccc2O)c2c[nH]c3c(C)cccc23)cc1. The number of methoxy groups -OCH3 is 1. The van der Waals surface area contributed by atoms with Crippen molar-refractivity contribution in [2.24, 2.45) is 0 Å². The van der Waals surface area contributed by atoms with Crippen molar-refractivity contribution in [3.05, 3.63) is 95.2 Å². The predicted octanol–water partition coefficient (Wildman–Crippen LogP) is 5.54. The molecule has 1 atom stereocenters. The van der Waals surface area contributed by atoms with E-state index >= 15 is 0 Å². The molecule has 0 spiro atoms. The maximum absolute atomic E-state index is 10.7. The Labute approximate surface area is 159 Å². The van der Waals surface area contributed by atoms with Crippen LogP contribution in [0.25, 0.3) is 10.9 Å². The van der Waals surface area contributed by atoms with Crippen molar-refractivity contribution >= 4 is 10.9 Å². The van der Waals surface area contributed by atoms with Crippen LogP contribution in [-0.4, -0.2) is 17.2 Å². The van der Waals surface area contributed by atoms with E-state index in [4.69, 9.17) is 4.74 Å². The van der Waals surface area contributed by atoms with Gasteiger partial charge in [-0.2, -0.15) is 0 Å². The number of aromatic nitrogens is 1. The first-order chi connectivity index (χ1) is 13.1. The molecule has 0 fully saturated rings. The maximum Gasteiger partial charge on any atom is 0.120 e. The average molecular weight is 357 g/mol. The number of aromatic amines is 1. The second-order valence-corrected chi connectivity index (χ2v) is 7.07. The third-order valence-electron chi connectivity index (χ3n) is 5.57. The topological polar surface area (TPSA) is 45.2 Å². The first-order valence-electron chi connectivity index (χ1n) is 9.06. The largest absolute Gasteiger partial charge is 0.508 e. The summed E-state index contributed by atoms with van der Waals surface area (Å²) < 4.78 is 5.33. The molecule has 3 aromatic carbocycles. The molecular weight excluding hydrogens is 334 g/mol. The van der Waals surface area contributed by atoms with Crippen LogP contribution < -0.4 is 4.74 Å². The van der Waals surface area contributed by atoms with E-state index in [0.717, 1.165) is 33.3 Å². The fourth-order valence-corrected chi connectivity index (χ4v) is 4.00. The van der Waals surface area contributed by atoms with Crippen LogP contribution in [0.4, 0.5) is 0 Å². The number of phenolic OH excluding ortho intramolecular Hbond substituents is 1. The third kappa shape index (κ3) is 2.67. The summed E-state index contributed by atoms with van der Waals surface area (Å²) >= 11 is 0. The summed E-state index contributed by atoms with van der Waals surface area (Å²) in [6.45, 7) is 4.27. The van der Waals surface area contributed by atoms with Gasteiger partial charge in [0.05, 0.1) is 7.11 Å². The van der Waals surface area contributed by atoms with Crippen LogP contribution in [0.2, 0.25) is 0 Å². The first-order valence-corrected chi connectivity index (χ1v) is 9.06. The zero-order chi connectivity index (χ0) is 19.0. The molecule has 27 heavy (non-hydrogen) atoms. The lowest BCUT2D eigenvalue weighted by molar-refractivity contribution is 0.414. The summed E-state index contributed by atoms with van der Waals surface area (Å²) in [5.41, 5.74) is 4.90. The molecule has 1 heterocycles. The molecule has 0 radical (unpaired) electrons. The van der Waals surface area contributed by atoms with Crippen molar-refractivity contribution < 1.29 is 9.84 Å². The molecule has 4 rings (SSSR count). The molecule has 0 bridgehead atoms. The number of nitrogens with one attached hydrogen (secondary N) is 1. The molecule has 0 unspecified atom stereocenters.